The average molecular weight is 396 g/mol. The van der Waals surface area contributed by atoms with Crippen LogP contribution in [0, 0.1) is 0 Å². The number of aryl methyl sites for hydroxylation is 1. The number of thiazole rings is 1. The molecule has 0 bridgehead atoms. The van der Waals surface area contributed by atoms with Crippen molar-refractivity contribution in [3.05, 3.63) is 63.4 Å². The van der Waals surface area contributed by atoms with E-state index in [4.69, 9.17) is 4.52 Å². The molecule has 1 aromatic carbocycles. The molecule has 0 fully saturated rings. The molecule has 3 heterocycles. The van der Waals surface area contributed by atoms with Crippen molar-refractivity contribution in [2.75, 3.05) is 0 Å². The topological polar surface area (TPSA) is 80.9 Å². The van der Waals surface area contributed by atoms with Gasteiger partial charge in [0, 0.05) is 34.7 Å². The van der Waals surface area contributed by atoms with Gasteiger partial charge >= 0.3 is 0 Å². The Morgan fingerprint density at radius 1 is 1.07 bits per heavy atom. The first-order valence-electron chi connectivity index (χ1n) is 8.39. The number of carbonyl (C=O) groups is 1. The fourth-order valence-corrected chi connectivity index (χ4v) is 3.86. The van der Waals surface area contributed by atoms with Crippen molar-refractivity contribution in [2.45, 2.75) is 19.4 Å². The van der Waals surface area contributed by atoms with Gasteiger partial charge in [-0.15, -0.1) is 11.3 Å². The van der Waals surface area contributed by atoms with Crippen LogP contribution in [0.4, 0.5) is 0 Å². The highest BCUT2D eigenvalue weighted by Crippen LogP contribution is 2.21. The Bertz CT molecular complexity index is 1010. The minimum atomic E-state index is -0.0678. The van der Waals surface area contributed by atoms with Gasteiger partial charge < -0.3 is 9.84 Å². The van der Waals surface area contributed by atoms with Gasteiger partial charge in [-0.2, -0.15) is 16.3 Å². The minimum Gasteiger partial charge on any atom is -0.350 e. The van der Waals surface area contributed by atoms with Crippen LogP contribution in [0.1, 0.15) is 17.3 Å². The Hall–Kier alpha value is -2.84. The number of thiophene rings is 1. The van der Waals surface area contributed by atoms with Crippen molar-refractivity contribution >= 4 is 28.6 Å². The molecule has 3 aromatic heterocycles. The summed E-state index contributed by atoms with van der Waals surface area (Å²) < 4.78 is 5.21. The van der Waals surface area contributed by atoms with Gasteiger partial charge in [0.15, 0.2) is 0 Å². The minimum absolute atomic E-state index is 0.0678. The Kier molecular flexibility index (Phi) is 5.36. The van der Waals surface area contributed by atoms with E-state index in [9.17, 15) is 4.79 Å². The Labute approximate surface area is 163 Å². The predicted octanol–water partition coefficient (Wildman–Crippen LogP) is 4.17. The van der Waals surface area contributed by atoms with E-state index >= 15 is 0 Å². The molecule has 27 heavy (non-hydrogen) atoms. The molecule has 136 valence electrons. The van der Waals surface area contributed by atoms with Gasteiger partial charge in [0.05, 0.1) is 12.2 Å². The molecule has 0 aliphatic carbocycles. The summed E-state index contributed by atoms with van der Waals surface area (Å²) in [7, 11) is 0. The molecule has 0 unspecified atom stereocenters. The normalized spacial score (nSPS) is 10.8. The summed E-state index contributed by atoms with van der Waals surface area (Å²) >= 11 is 3.11. The number of rotatable bonds is 7. The van der Waals surface area contributed by atoms with Crippen molar-refractivity contribution < 1.29 is 9.32 Å². The van der Waals surface area contributed by atoms with Gasteiger partial charge in [-0.1, -0.05) is 35.5 Å². The highest BCUT2D eigenvalue weighted by molar-refractivity contribution is 7.10. The van der Waals surface area contributed by atoms with Crippen LogP contribution in [0.15, 0.2) is 57.1 Å². The zero-order chi connectivity index (χ0) is 18.5. The van der Waals surface area contributed by atoms with Crippen molar-refractivity contribution in [1.29, 1.82) is 0 Å². The van der Waals surface area contributed by atoms with E-state index < -0.39 is 0 Å². The average Bonchev–Trinajstić information content (AvgIpc) is 3.47. The molecule has 8 heteroatoms. The molecule has 0 saturated carbocycles. The number of aromatic nitrogens is 3. The zero-order valence-corrected chi connectivity index (χ0v) is 15.9. The second kappa shape index (κ2) is 8.24. The molecule has 0 aliphatic rings. The molecule has 1 amide bonds. The summed E-state index contributed by atoms with van der Waals surface area (Å²) in [6.45, 7) is 0.417. The highest BCUT2D eigenvalue weighted by Gasteiger charge is 2.11. The number of hydrogen-bond acceptors (Lipinski definition) is 7. The summed E-state index contributed by atoms with van der Waals surface area (Å²) in [5, 5.41) is 13.6. The molecule has 0 atom stereocenters. The van der Waals surface area contributed by atoms with E-state index in [0.717, 1.165) is 21.8 Å². The van der Waals surface area contributed by atoms with E-state index in [-0.39, 0.29) is 5.91 Å². The summed E-state index contributed by atoms with van der Waals surface area (Å²) in [5.41, 5.74) is 2.93. The number of nitrogens with zero attached hydrogens (tertiary/aromatic N) is 3. The lowest BCUT2D eigenvalue weighted by atomic mass is 10.2. The van der Waals surface area contributed by atoms with Crippen molar-refractivity contribution in [3.63, 3.8) is 0 Å². The molecule has 1 N–H and O–H groups in total. The SMILES string of the molecule is O=C(CCc1nc(-c2ccsc2)no1)NCc1nc(-c2ccccc2)cs1. The lowest BCUT2D eigenvalue weighted by Crippen LogP contribution is -2.22. The first-order valence-corrected chi connectivity index (χ1v) is 10.2. The fraction of sp³-hybridized carbons (Fsp3) is 0.158. The summed E-state index contributed by atoms with van der Waals surface area (Å²) in [6.07, 6.45) is 0.707. The van der Waals surface area contributed by atoms with Crippen LogP contribution >= 0.6 is 22.7 Å². The maximum Gasteiger partial charge on any atom is 0.227 e. The Morgan fingerprint density at radius 2 is 1.96 bits per heavy atom. The first-order chi connectivity index (χ1) is 13.3. The molecule has 0 spiro atoms. The number of benzene rings is 1. The molecule has 6 nitrogen and oxygen atoms in total. The van der Waals surface area contributed by atoms with Crippen molar-refractivity contribution in [2.24, 2.45) is 0 Å². The van der Waals surface area contributed by atoms with Crippen LogP contribution in [0.5, 0.6) is 0 Å². The first kappa shape index (κ1) is 17.6. The standard InChI is InChI=1S/C19H16N4O2S2/c24-16(6-7-17-22-19(23-25-17)14-8-9-26-11-14)20-10-18-21-15(12-27-18)13-4-2-1-3-5-13/h1-5,8-9,11-12H,6-7,10H2,(H,20,24). The Morgan fingerprint density at radius 3 is 2.78 bits per heavy atom. The van der Waals surface area contributed by atoms with Gasteiger partial charge in [-0.05, 0) is 11.4 Å². The maximum atomic E-state index is 12.1. The molecule has 0 saturated heterocycles. The second-order valence-corrected chi connectivity index (χ2v) is 7.52. The quantitative estimate of drug-likeness (QED) is 0.507. The molecule has 4 aromatic rings. The summed E-state index contributed by atoms with van der Waals surface area (Å²) in [5.74, 6) is 0.955. The molecule has 0 aliphatic heterocycles. The van der Waals surface area contributed by atoms with Crippen LogP contribution in [0.3, 0.4) is 0 Å². The molecular formula is C19H16N4O2S2. The lowest BCUT2D eigenvalue weighted by Gasteiger charge is -2.01. The van der Waals surface area contributed by atoms with Crippen LogP contribution in [0.25, 0.3) is 22.6 Å². The lowest BCUT2D eigenvalue weighted by molar-refractivity contribution is -0.121. The van der Waals surface area contributed by atoms with Crippen LogP contribution in [-0.2, 0) is 17.8 Å². The monoisotopic (exact) mass is 396 g/mol. The van der Waals surface area contributed by atoms with E-state index in [1.165, 1.54) is 11.3 Å². The van der Waals surface area contributed by atoms with E-state index in [2.05, 4.69) is 20.4 Å². The zero-order valence-electron chi connectivity index (χ0n) is 14.3. The number of nitrogens with one attached hydrogen (secondary N) is 1. The van der Waals surface area contributed by atoms with Gasteiger partial charge in [-0.3, -0.25) is 4.79 Å². The summed E-state index contributed by atoms with van der Waals surface area (Å²) in [4.78, 5) is 21.0. The molecule has 4 rings (SSSR count). The maximum absolute atomic E-state index is 12.1. The number of carbonyl (C=O) groups excluding carboxylic acids is 1. The fourth-order valence-electron chi connectivity index (χ4n) is 2.48. The largest absolute Gasteiger partial charge is 0.350 e. The van der Waals surface area contributed by atoms with Gasteiger partial charge in [0.2, 0.25) is 17.6 Å². The third-order valence-corrected chi connectivity index (χ3v) is 5.40. The van der Waals surface area contributed by atoms with Gasteiger partial charge in [-0.25, -0.2) is 4.98 Å². The van der Waals surface area contributed by atoms with Gasteiger partial charge in [0.1, 0.15) is 5.01 Å². The predicted molar refractivity (Wildman–Crippen MR) is 105 cm³/mol. The summed E-state index contributed by atoms with van der Waals surface area (Å²) in [6, 6.07) is 11.9. The third-order valence-electron chi connectivity index (χ3n) is 3.87. The van der Waals surface area contributed by atoms with Crippen LogP contribution in [-0.4, -0.2) is 21.0 Å². The van der Waals surface area contributed by atoms with E-state index in [0.29, 0.717) is 31.1 Å². The van der Waals surface area contributed by atoms with E-state index in [1.807, 2.05) is 52.5 Å². The number of hydrogen-bond donors (Lipinski definition) is 1. The molecule has 0 radical (unpaired) electrons. The van der Waals surface area contributed by atoms with Gasteiger partial charge in [0.25, 0.3) is 0 Å². The van der Waals surface area contributed by atoms with Crippen molar-refractivity contribution in [1.82, 2.24) is 20.4 Å². The molecular weight excluding hydrogens is 380 g/mol. The van der Waals surface area contributed by atoms with Crippen LogP contribution in [0.2, 0.25) is 0 Å². The smallest absolute Gasteiger partial charge is 0.227 e. The second-order valence-electron chi connectivity index (χ2n) is 5.79. The van der Waals surface area contributed by atoms with E-state index in [1.54, 1.807) is 11.3 Å². The Balaban J connectivity index is 1.26. The number of amides is 1. The highest BCUT2D eigenvalue weighted by atomic mass is 32.1. The third kappa shape index (κ3) is 4.47. The van der Waals surface area contributed by atoms with Crippen molar-refractivity contribution in [3.8, 4) is 22.6 Å². The van der Waals surface area contributed by atoms with Crippen LogP contribution < -0.4 is 5.32 Å².